The molecule has 4 fully saturated rings. The van der Waals surface area contributed by atoms with E-state index >= 15 is 0 Å². The van der Waals surface area contributed by atoms with Gasteiger partial charge in [0.15, 0.2) is 21.2 Å². The summed E-state index contributed by atoms with van der Waals surface area (Å²) in [6.07, 6.45) is 5.53. The number of halogens is 3. The molecule has 0 spiro atoms. The number of carbonyl (C=O) groups excluding carboxylic acids is 4. The predicted octanol–water partition coefficient (Wildman–Crippen LogP) is 4.70. The van der Waals surface area contributed by atoms with E-state index in [2.05, 4.69) is 20.8 Å². The van der Waals surface area contributed by atoms with Gasteiger partial charge in [0, 0.05) is 24.7 Å². The highest BCUT2D eigenvalue weighted by Crippen LogP contribution is 2.63. The third-order valence-corrected chi connectivity index (χ3v) is 12.2. The van der Waals surface area contributed by atoms with Crippen molar-refractivity contribution in [2.75, 3.05) is 48.7 Å². The monoisotopic (exact) mass is 743 g/mol. The maximum Gasteiger partial charge on any atom is 0.254 e. The van der Waals surface area contributed by atoms with Crippen LogP contribution in [0.15, 0.2) is 60.2 Å². The number of carbonyl (C=O) groups is 4. The third kappa shape index (κ3) is 4.75. The first-order valence-corrected chi connectivity index (χ1v) is 17.3. The molecule has 6 unspecified atom stereocenters. The van der Waals surface area contributed by atoms with Gasteiger partial charge in [-0.1, -0.05) is 45.8 Å². The smallest absolute Gasteiger partial charge is 0.254 e. The first kappa shape index (κ1) is 32.2. The van der Waals surface area contributed by atoms with Crippen molar-refractivity contribution in [3.05, 3.63) is 65.8 Å². The Balaban J connectivity index is 1.26. The van der Waals surface area contributed by atoms with E-state index in [9.17, 15) is 24.3 Å². The fourth-order valence-electron chi connectivity index (χ4n) is 7.90. The number of aromatic hydroxyl groups is 1. The van der Waals surface area contributed by atoms with Crippen LogP contribution in [-0.2, 0) is 23.9 Å². The van der Waals surface area contributed by atoms with E-state index in [4.69, 9.17) is 32.7 Å². The van der Waals surface area contributed by atoms with Crippen LogP contribution in [0.5, 0.6) is 11.5 Å². The van der Waals surface area contributed by atoms with E-state index in [0.717, 1.165) is 23.7 Å². The maximum absolute atomic E-state index is 14.3. The van der Waals surface area contributed by atoms with E-state index in [1.54, 1.807) is 36.4 Å². The number of allylic oxidation sites excluding steroid dienone is 3. The molecule has 2 aromatic carbocycles. The molecule has 0 radical (unpaired) electrons. The zero-order valence-corrected chi connectivity index (χ0v) is 28.5. The highest BCUT2D eigenvalue weighted by molar-refractivity contribution is 9.09. The van der Waals surface area contributed by atoms with Crippen LogP contribution in [0, 0.1) is 23.7 Å². The zero-order valence-electron chi connectivity index (χ0n) is 25.4. The van der Waals surface area contributed by atoms with Crippen molar-refractivity contribution in [2.24, 2.45) is 23.7 Å². The van der Waals surface area contributed by atoms with Crippen molar-refractivity contribution >= 4 is 80.2 Å². The molecular formula is C34H32BrCl2N3O7. The second kappa shape index (κ2) is 11.9. The van der Waals surface area contributed by atoms with E-state index in [-0.39, 0.29) is 41.6 Å². The minimum absolute atomic E-state index is 0.0359. The Hall–Kier alpha value is -3.38. The standard InChI is InChI=1S/C34H32BrCl2N3O7/c1-46-27-16-19(3-11-26(27)41)2-10-25-22-8-9-23-28(24(22)17-33(36)31(44)39(18-35)32(45)34(25,33)37)30(43)40(29(23)42)21-6-4-20(5-7-21)38-12-14-47-15-13-38/h2-8,10-11,16,23-25,28,41H,9,12-15,17-18H2,1H3. The van der Waals surface area contributed by atoms with Crippen molar-refractivity contribution in [1.29, 1.82) is 0 Å². The van der Waals surface area contributed by atoms with E-state index in [1.165, 1.54) is 18.1 Å². The fraction of sp³-hybridized carbons (Fsp3) is 0.412. The maximum atomic E-state index is 14.3. The van der Waals surface area contributed by atoms with Crippen LogP contribution >= 0.6 is 39.1 Å². The van der Waals surface area contributed by atoms with Crippen molar-refractivity contribution < 1.29 is 33.8 Å². The fourth-order valence-corrected chi connectivity index (χ4v) is 9.28. The topological polar surface area (TPSA) is 117 Å². The first-order valence-electron chi connectivity index (χ1n) is 15.4. The summed E-state index contributed by atoms with van der Waals surface area (Å²) in [4.78, 5) is 56.5. The Morgan fingerprint density at radius 2 is 1.70 bits per heavy atom. The van der Waals surface area contributed by atoms with E-state index in [1.807, 2.05) is 18.2 Å². The van der Waals surface area contributed by atoms with E-state index in [0.29, 0.717) is 30.0 Å². The number of likely N-dealkylation sites (tertiary alicyclic amines) is 1. The van der Waals surface area contributed by atoms with Gasteiger partial charge in [-0.15, -0.1) is 23.2 Å². The number of benzene rings is 2. The Kier molecular flexibility index (Phi) is 8.18. The average molecular weight is 745 g/mol. The number of hydrogen-bond acceptors (Lipinski definition) is 8. The van der Waals surface area contributed by atoms with Crippen LogP contribution in [0.4, 0.5) is 11.4 Å². The molecule has 3 heterocycles. The van der Waals surface area contributed by atoms with Crippen LogP contribution in [0.25, 0.3) is 6.08 Å². The lowest BCUT2D eigenvalue weighted by Crippen LogP contribution is -2.60. The molecule has 5 aliphatic rings. The van der Waals surface area contributed by atoms with Gasteiger partial charge in [-0.05, 0) is 60.7 Å². The summed E-state index contributed by atoms with van der Waals surface area (Å²) in [5, 5.41) is 10.1. The van der Waals surface area contributed by atoms with Gasteiger partial charge in [0.05, 0.1) is 43.3 Å². The van der Waals surface area contributed by atoms with Gasteiger partial charge in [-0.2, -0.15) is 0 Å². The molecule has 0 bridgehead atoms. The zero-order chi connectivity index (χ0) is 33.2. The van der Waals surface area contributed by atoms with Crippen LogP contribution < -0.4 is 14.5 Å². The lowest BCUT2D eigenvalue weighted by Gasteiger charge is -2.49. The second-order valence-electron chi connectivity index (χ2n) is 12.4. The number of amides is 4. The van der Waals surface area contributed by atoms with Gasteiger partial charge in [-0.3, -0.25) is 29.0 Å². The quantitative estimate of drug-likeness (QED) is 0.196. The molecule has 47 heavy (non-hydrogen) atoms. The molecule has 3 aliphatic heterocycles. The number of anilines is 2. The number of nitrogens with zero attached hydrogens (tertiary/aromatic N) is 3. The molecule has 13 heteroatoms. The molecular weight excluding hydrogens is 713 g/mol. The Labute approximate surface area is 290 Å². The summed E-state index contributed by atoms with van der Waals surface area (Å²) in [5.41, 5.74) is 2.70. The SMILES string of the molecule is COc1cc(C=CC2C3=CCC4C(=O)N(c5ccc(N6CCOCC6)cc5)C(=O)C4C3CC3(Cl)C(=O)N(CBr)C(=O)C23Cl)ccc1O. The highest BCUT2D eigenvalue weighted by atomic mass is 79.9. The lowest BCUT2D eigenvalue weighted by atomic mass is 9.57. The molecule has 1 saturated carbocycles. The largest absolute Gasteiger partial charge is 0.504 e. The molecule has 1 N–H and O–H groups in total. The molecule has 10 nitrogen and oxygen atoms in total. The molecule has 2 aromatic rings. The minimum Gasteiger partial charge on any atom is -0.504 e. The summed E-state index contributed by atoms with van der Waals surface area (Å²) in [5.74, 6) is -4.67. The van der Waals surface area contributed by atoms with Gasteiger partial charge in [0.1, 0.15) is 0 Å². The van der Waals surface area contributed by atoms with Crippen LogP contribution in [0.3, 0.4) is 0 Å². The summed E-state index contributed by atoms with van der Waals surface area (Å²) >= 11 is 17.7. The van der Waals surface area contributed by atoms with Gasteiger partial charge in [0.25, 0.3) is 11.8 Å². The molecule has 2 aliphatic carbocycles. The average Bonchev–Trinajstić information content (AvgIpc) is 3.42. The van der Waals surface area contributed by atoms with Crippen molar-refractivity contribution in [3.8, 4) is 11.5 Å². The summed E-state index contributed by atoms with van der Waals surface area (Å²) in [7, 11) is 1.44. The number of imide groups is 2. The number of fused-ring (bicyclic) bond motifs is 4. The number of ether oxygens (including phenoxy) is 2. The van der Waals surface area contributed by atoms with Crippen LogP contribution in [0.2, 0.25) is 0 Å². The van der Waals surface area contributed by atoms with Gasteiger partial charge < -0.3 is 19.5 Å². The van der Waals surface area contributed by atoms with Crippen LogP contribution in [0.1, 0.15) is 18.4 Å². The predicted molar refractivity (Wildman–Crippen MR) is 180 cm³/mol. The number of methoxy groups -OCH3 is 1. The van der Waals surface area contributed by atoms with E-state index < -0.39 is 45.2 Å². The minimum atomic E-state index is -1.88. The second-order valence-corrected chi connectivity index (χ2v) is 14.2. The first-order chi connectivity index (χ1) is 22.5. The third-order valence-electron chi connectivity index (χ3n) is 10.2. The number of alkyl halides is 3. The van der Waals surface area contributed by atoms with Crippen LogP contribution in [-0.4, -0.2) is 82.3 Å². The lowest BCUT2D eigenvalue weighted by molar-refractivity contribution is -0.138. The molecule has 4 amide bonds. The molecule has 0 aromatic heterocycles. The summed E-state index contributed by atoms with van der Waals surface area (Å²) in [6.45, 7) is 2.79. The van der Waals surface area contributed by atoms with Gasteiger partial charge in [0.2, 0.25) is 11.8 Å². The number of rotatable bonds is 6. The summed E-state index contributed by atoms with van der Waals surface area (Å²) in [6, 6.07) is 12.1. The Morgan fingerprint density at radius 3 is 2.38 bits per heavy atom. The van der Waals surface area contributed by atoms with Crippen molar-refractivity contribution in [1.82, 2.24) is 4.90 Å². The molecule has 3 saturated heterocycles. The van der Waals surface area contributed by atoms with Crippen molar-refractivity contribution in [2.45, 2.75) is 22.6 Å². The number of phenols is 1. The number of phenolic OH excluding ortho intramolecular Hbond substituents is 1. The number of morpholine rings is 1. The van der Waals surface area contributed by atoms with Gasteiger partial charge in [-0.25, -0.2) is 0 Å². The molecule has 6 atom stereocenters. The molecule has 7 rings (SSSR count). The molecule has 246 valence electrons. The van der Waals surface area contributed by atoms with Gasteiger partial charge >= 0.3 is 0 Å². The Morgan fingerprint density at radius 1 is 1.00 bits per heavy atom. The normalized spacial score (nSPS) is 32.1. The van der Waals surface area contributed by atoms with Crippen molar-refractivity contribution in [3.63, 3.8) is 0 Å². The number of hydrogen-bond donors (Lipinski definition) is 1. The highest BCUT2D eigenvalue weighted by Gasteiger charge is 2.75. The Bertz CT molecular complexity index is 1730. The summed E-state index contributed by atoms with van der Waals surface area (Å²) < 4.78 is 10.7.